The van der Waals surface area contributed by atoms with Crippen molar-refractivity contribution in [3.8, 4) is 68.4 Å². The van der Waals surface area contributed by atoms with E-state index in [1.54, 1.807) is 19.2 Å². The van der Waals surface area contributed by atoms with Crippen LogP contribution in [0.5, 0.6) is 0 Å². The summed E-state index contributed by atoms with van der Waals surface area (Å²) >= 11 is 0. The lowest BCUT2D eigenvalue weighted by molar-refractivity contribution is 0.0814. The van der Waals surface area contributed by atoms with Gasteiger partial charge < -0.3 is 19.6 Å². The van der Waals surface area contributed by atoms with Gasteiger partial charge in [-0.15, -0.1) is 30.6 Å². The number of carbonyl (C=O) groups excluding carboxylic acids is 1. The Balaban J connectivity index is 0.833. The van der Waals surface area contributed by atoms with Gasteiger partial charge in [-0.2, -0.15) is 0 Å². The first-order valence-electron chi connectivity index (χ1n) is 26.6. The minimum absolute atomic E-state index is 0.146. The van der Waals surface area contributed by atoms with E-state index in [0.717, 1.165) is 113 Å². The molecule has 3 aliphatic heterocycles. The molecule has 6 aromatic heterocycles. The van der Waals surface area contributed by atoms with Gasteiger partial charge in [0.25, 0.3) is 5.91 Å². The number of hydrogen-bond acceptors (Lipinski definition) is 15. The van der Waals surface area contributed by atoms with E-state index in [1.165, 1.54) is 0 Å². The van der Waals surface area contributed by atoms with Crippen LogP contribution in [0.2, 0.25) is 0 Å². The fourth-order valence-electron chi connectivity index (χ4n) is 11.7. The molecule has 0 bridgehead atoms. The molecule has 15 rings (SSSR count). The van der Waals surface area contributed by atoms with Gasteiger partial charge in [0.1, 0.15) is 5.76 Å². The predicted molar refractivity (Wildman–Crippen MR) is 296 cm³/mol. The number of carbonyl (C=O) groups is 1. The van der Waals surface area contributed by atoms with E-state index < -0.39 is 5.54 Å². The Morgan fingerprint density at radius 3 is 2.11 bits per heavy atom. The molecule has 2 fully saturated rings. The van der Waals surface area contributed by atoms with Gasteiger partial charge in [-0.25, -0.2) is 9.97 Å². The van der Waals surface area contributed by atoms with Crippen molar-refractivity contribution in [2.75, 3.05) is 23.3 Å². The summed E-state index contributed by atoms with van der Waals surface area (Å²) < 4.78 is 15.7. The number of aromatic nitrogens is 11. The second kappa shape index (κ2) is 18.7. The van der Waals surface area contributed by atoms with Gasteiger partial charge in [0.05, 0.1) is 34.0 Å². The maximum atomic E-state index is 13.4. The number of pyridine rings is 2. The smallest absolute Gasteiger partial charge is 0.274 e. The Hall–Kier alpha value is -9.94. The molecule has 9 heterocycles. The zero-order valence-corrected chi connectivity index (χ0v) is 42.9. The van der Waals surface area contributed by atoms with Crippen molar-refractivity contribution in [1.29, 1.82) is 0 Å². The summed E-state index contributed by atoms with van der Waals surface area (Å²) in [6.45, 7) is 4.08. The lowest BCUT2D eigenvalue weighted by Gasteiger charge is -2.43. The van der Waals surface area contributed by atoms with Crippen LogP contribution >= 0.6 is 0 Å². The minimum Gasteiger partial charge on any atom is -0.420 e. The molecule has 18 heteroatoms. The highest BCUT2D eigenvalue weighted by molar-refractivity contribution is 5.94. The highest BCUT2D eigenvalue weighted by Gasteiger charge is 2.41. The lowest BCUT2D eigenvalue weighted by atomic mass is 9.71. The molecule has 0 unspecified atom stereocenters. The van der Waals surface area contributed by atoms with Crippen LogP contribution in [0.4, 0.5) is 28.7 Å². The van der Waals surface area contributed by atoms with E-state index in [0.29, 0.717) is 59.0 Å². The molecule has 1 amide bonds. The minimum atomic E-state index is -0.518. The first-order valence-corrected chi connectivity index (χ1v) is 26.6. The largest absolute Gasteiger partial charge is 0.420 e. The standard InChI is InChI=1S/C61H49N15O3/c1-37-34-47(72-79-37)58(77)65-61(28-11-29-61)43-24-22-38(23-25-43)53-66-69-56-45-15-6-8-17-48(45)74(57-50(76(53)56)19-10-31-63-57)51-35-41(54-67-68-55-44-14-5-7-16-46(44)64-52-49(75(54)55)18-9-30-62-52)20-21-42(51)36-73-32-26-40(27-33-73)60-71-70-59(78-60)39-12-3-2-4-13-39/h2-10,12-25,30-31,34-35,40H,11,26-29,32-33,36H2,1H3,(H,62,64)(H,65,77). The molecular weight excluding hydrogens is 991 g/mol. The van der Waals surface area contributed by atoms with E-state index in [4.69, 9.17) is 39.3 Å². The number of benzene rings is 5. The van der Waals surface area contributed by atoms with Crippen molar-refractivity contribution in [1.82, 2.24) is 65.1 Å². The van der Waals surface area contributed by atoms with Crippen molar-refractivity contribution in [2.24, 2.45) is 0 Å². The first kappa shape index (κ1) is 46.4. The average Bonchev–Trinajstić information content (AvgIpc) is 4.42. The number of nitrogens with one attached hydrogen (secondary N) is 2. The normalized spacial score (nSPS) is 15.2. The molecule has 5 aromatic carbocycles. The van der Waals surface area contributed by atoms with Gasteiger partial charge in [-0.05, 0) is 130 Å². The van der Waals surface area contributed by atoms with Crippen LogP contribution in [0, 0.1) is 6.92 Å². The van der Waals surface area contributed by atoms with Crippen molar-refractivity contribution in [3.63, 3.8) is 0 Å². The number of rotatable bonds is 10. The number of likely N-dealkylation sites (tertiary alicyclic amines) is 1. The summed E-state index contributed by atoms with van der Waals surface area (Å²) in [6, 6.07) is 51.0. The quantitative estimate of drug-likeness (QED) is 0.131. The Labute approximate surface area is 452 Å². The van der Waals surface area contributed by atoms with Crippen LogP contribution < -0.4 is 15.5 Å². The number of piperidine rings is 1. The van der Waals surface area contributed by atoms with E-state index >= 15 is 0 Å². The van der Waals surface area contributed by atoms with Crippen LogP contribution in [0.15, 0.2) is 173 Å². The molecule has 11 aromatic rings. The second-order valence-electron chi connectivity index (χ2n) is 20.6. The third-order valence-electron chi connectivity index (χ3n) is 15.9. The summed E-state index contributed by atoms with van der Waals surface area (Å²) in [4.78, 5) is 28.2. The molecule has 0 radical (unpaired) electrons. The fourth-order valence-corrected chi connectivity index (χ4v) is 11.7. The van der Waals surface area contributed by atoms with Gasteiger partial charge in [-0.3, -0.25) is 23.7 Å². The summed E-state index contributed by atoms with van der Waals surface area (Å²) in [5.41, 5.74) is 10.6. The zero-order valence-electron chi connectivity index (χ0n) is 42.9. The third-order valence-corrected chi connectivity index (χ3v) is 15.9. The van der Waals surface area contributed by atoms with Crippen molar-refractivity contribution in [3.05, 3.63) is 193 Å². The molecule has 4 aliphatic rings. The van der Waals surface area contributed by atoms with E-state index in [2.05, 4.69) is 118 Å². The number of fused-ring (bicyclic) bond motifs is 10. The average molecular weight is 1040 g/mol. The number of anilines is 5. The van der Waals surface area contributed by atoms with Gasteiger partial charge in [-0.1, -0.05) is 84.0 Å². The second-order valence-corrected chi connectivity index (χ2v) is 20.6. The Bertz CT molecular complexity index is 4130. The third kappa shape index (κ3) is 7.89. The van der Waals surface area contributed by atoms with Crippen molar-refractivity contribution >= 4 is 34.6 Å². The zero-order chi connectivity index (χ0) is 52.6. The predicted octanol–water partition coefficient (Wildman–Crippen LogP) is 11.7. The first-order chi connectivity index (χ1) is 38.9. The maximum absolute atomic E-state index is 13.4. The van der Waals surface area contributed by atoms with E-state index in [-0.39, 0.29) is 17.5 Å². The molecule has 0 atom stereocenters. The van der Waals surface area contributed by atoms with Gasteiger partial charge in [0.15, 0.2) is 40.6 Å². The molecule has 79 heavy (non-hydrogen) atoms. The number of nitrogens with zero attached hydrogens (tertiary/aromatic N) is 13. The number of amides is 1. The van der Waals surface area contributed by atoms with Crippen LogP contribution in [-0.4, -0.2) is 78.7 Å². The maximum Gasteiger partial charge on any atom is 0.274 e. The van der Waals surface area contributed by atoms with Crippen molar-refractivity contribution in [2.45, 2.75) is 57.0 Å². The molecule has 1 saturated heterocycles. The van der Waals surface area contributed by atoms with Crippen LogP contribution in [0.3, 0.4) is 0 Å². The van der Waals surface area contributed by atoms with Gasteiger partial charge >= 0.3 is 0 Å². The van der Waals surface area contributed by atoms with Crippen LogP contribution in [0.25, 0.3) is 68.4 Å². The van der Waals surface area contributed by atoms with Gasteiger partial charge in [0, 0.05) is 58.7 Å². The monoisotopic (exact) mass is 1040 g/mol. The summed E-state index contributed by atoms with van der Waals surface area (Å²) in [5, 5.41) is 39.5. The molecule has 1 saturated carbocycles. The van der Waals surface area contributed by atoms with Crippen LogP contribution in [0.1, 0.15) is 71.3 Å². The lowest BCUT2D eigenvalue weighted by Crippen LogP contribution is -2.50. The number of hydrogen-bond donors (Lipinski definition) is 2. The van der Waals surface area contributed by atoms with Gasteiger partial charge in [0.2, 0.25) is 11.8 Å². The number of aryl methyl sites for hydroxylation is 1. The Morgan fingerprint density at radius 1 is 0.646 bits per heavy atom. The van der Waals surface area contributed by atoms with E-state index in [9.17, 15) is 4.79 Å². The number of para-hydroxylation sites is 2. The van der Waals surface area contributed by atoms with Crippen molar-refractivity contribution < 1.29 is 13.7 Å². The Morgan fingerprint density at radius 2 is 1.33 bits per heavy atom. The summed E-state index contributed by atoms with van der Waals surface area (Å²) in [7, 11) is 0. The molecule has 386 valence electrons. The molecule has 18 nitrogen and oxygen atoms in total. The fraction of sp³-hybridized carbons (Fsp3) is 0.180. The Kier molecular flexibility index (Phi) is 11.0. The highest BCUT2D eigenvalue weighted by Crippen LogP contribution is 2.50. The molecule has 1 aliphatic carbocycles. The molecular formula is C61H49N15O3. The summed E-state index contributed by atoms with van der Waals surface area (Å²) in [6.07, 6.45) is 7.99. The topological polar surface area (TPSA) is 200 Å². The van der Waals surface area contributed by atoms with Crippen LogP contribution in [-0.2, 0) is 12.1 Å². The molecule has 0 spiro atoms. The van der Waals surface area contributed by atoms with E-state index in [1.807, 2.05) is 79.0 Å². The summed E-state index contributed by atoms with van der Waals surface area (Å²) in [5.74, 6) is 5.79. The highest BCUT2D eigenvalue weighted by atomic mass is 16.5. The molecule has 2 N–H and O–H groups in total. The SMILES string of the molecule is Cc1cc(C(=O)NC2(c3ccc(-c4nnc5n4-c4cccnc4N(c4cc(-c6nnc7n6-c6cccnc6Nc6ccccc6-7)ccc4CN4CCC(c6nnc(-c7ccccc7)o6)CC4)c4ccccc4-5)cc3)CCC2)no1.